The first-order valence-electron chi connectivity index (χ1n) is 5.83. The van der Waals surface area contributed by atoms with Crippen molar-refractivity contribution in [2.75, 3.05) is 0 Å². The molecule has 0 fully saturated rings. The Balaban J connectivity index is 2.57. The molecule has 4 nitrogen and oxygen atoms in total. The molecule has 1 heterocycles. The zero-order valence-electron chi connectivity index (χ0n) is 11.1. The summed E-state index contributed by atoms with van der Waals surface area (Å²) in [6.07, 6.45) is -4.43. The van der Waals surface area contributed by atoms with E-state index in [2.05, 4.69) is 10.3 Å². The first-order chi connectivity index (χ1) is 9.21. The summed E-state index contributed by atoms with van der Waals surface area (Å²) in [5.74, 6) is -0.281. The maximum Gasteiger partial charge on any atom is 0.416 e. The van der Waals surface area contributed by atoms with E-state index in [0.29, 0.717) is 5.69 Å². The highest BCUT2D eigenvalue weighted by Crippen LogP contribution is 2.33. The molecule has 0 aliphatic carbocycles. The molecule has 0 spiro atoms. The number of carbonyl (C=O) groups is 1. The third-order valence-electron chi connectivity index (χ3n) is 3.00. The van der Waals surface area contributed by atoms with Crippen molar-refractivity contribution in [1.82, 2.24) is 15.0 Å². The lowest BCUT2D eigenvalue weighted by molar-refractivity contribution is -0.138. The summed E-state index contributed by atoms with van der Waals surface area (Å²) in [4.78, 5) is 11.3. The number of aryl methyl sites for hydroxylation is 1. The van der Waals surface area contributed by atoms with E-state index >= 15 is 0 Å². The highest BCUT2D eigenvalue weighted by molar-refractivity contribution is 5.93. The number of rotatable bonds is 2. The Morgan fingerprint density at radius 1 is 1.25 bits per heavy atom. The fraction of sp³-hybridized carbons (Fsp3) is 0.308. The lowest BCUT2D eigenvalue weighted by Gasteiger charge is -2.12. The van der Waals surface area contributed by atoms with Gasteiger partial charge in [-0.15, -0.1) is 5.10 Å². The summed E-state index contributed by atoms with van der Waals surface area (Å²) in [5, 5.41) is 7.43. The van der Waals surface area contributed by atoms with E-state index in [9.17, 15) is 18.0 Å². The Kier molecular flexibility index (Phi) is 3.37. The number of carbonyl (C=O) groups excluding carboxylic acids is 1. The molecule has 1 aromatic heterocycles. The molecule has 2 aromatic rings. The van der Waals surface area contributed by atoms with Gasteiger partial charge in [0.2, 0.25) is 0 Å². The molecule has 0 N–H and O–H groups in total. The van der Waals surface area contributed by atoms with Gasteiger partial charge in [-0.05, 0) is 31.5 Å². The van der Waals surface area contributed by atoms with Crippen LogP contribution in [0.15, 0.2) is 18.2 Å². The summed E-state index contributed by atoms with van der Waals surface area (Å²) >= 11 is 0. The second-order valence-corrected chi connectivity index (χ2v) is 4.49. The zero-order valence-corrected chi connectivity index (χ0v) is 11.1. The number of aromatic nitrogens is 3. The zero-order chi connectivity index (χ0) is 15.1. The van der Waals surface area contributed by atoms with E-state index in [-0.39, 0.29) is 22.7 Å². The highest BCUT2D eigenvalue weighted by Gasteiger charge is 2.32. The van der Waals surface area contributed by atoms with Crippen molar-refractivity contribution < 1.29 is 18.0 Å². The van der Waals surface area contributed by atoms with Crippen LogP contribution in [0.5, 0.6) is 0 Å². The SMILES string of the molecule is CC(=O)c1nnn(-c2ccc(C)c(C(F)(F)F)c2)c1C. The van der Waals surface area contributed by atoms with Crippen molar-refractivity contribution in [2.24, 2.45) is 0 Å². The van der Waals surface area contributed by atoms with E-state index in [0.717, 1.165) is 6.07 Å². The van der Waals surface area contributed by atoms with Gasteiger partial charge in [0.25, 0.3) is 0 Å². The minimum Gasteiger partial charge on any atom is -0.293 e. The lowest BCUT2D eigenvalue weighted by atomic mass is 10.1. The van der Waals surface area contributed by atoms with Crippen LogP contribution in [0.1, 0.15) is 34.2 Å². The number of Topliss-reactive ketones (excluding diaryl/α,β-unsaturated/α-hetero) is 1. The smallest absolute Gasteiger partial charge is 0.293 e. The molecule has 106 valence electrons. The number of nitrogens with zero attached hydrogens (tertiary/aromatic N) is 3. The molecule has 2 rings (SSSR count). The maximum atomic E-state index is 12.9. The molecule has 0 unspecified atom stereocenters. The fourth-order valence-corrected chi connectivity index (χ4v) is 1.95. The van der Waals surface area contributed by atoms with Crippen LogP contribution in [-0.4, -0.2) is 20.8 Å². The van der Waals surface area contributed by atoms with Crippen molar-refractivity contribution in [3.8, 4) is 5.69 Å². The molecule has 0 saturated heterocycles. The maximum absolute atomic E-state index is 12.9. The first kappa shape index (κ1) is 14.2. The minimum absolute atomic E-state index is 0.130. The number of benzene rings is 1. The van der Waals surface area contributed by atoms with Crippen LogP contribution >= 0.6 is 0 Å². The second-order valence-electron chi connectivity index (χ2n) is 4.49. The number of hydrogen-bond donors (Lipinski definition) is 0. The lowest BCUT2D eigenvalue weighted by Crippen LogP contribution is -2.10. The van der Waals surface area contributed by atoms with E-state index in [1.807, 2.05) is 0 Å². The standard InChI is InChI=1S/C13H12F3N3O/c1-7-4-5-10(6-11(7)13(14,15)16)19-8(2)12(9(3)20)17-18-19/h4-6H,1-3H3. The topological polar surface area (TPSA) is 47.8 Å². The van der Waals surface area contributed by atoms with Crippen molar-refractivity contribution in [2.45, 2.75) is 26.9 Å². The molecular weight excluding hydrogens is 271 g/mol. The quantitative estimate of drug-likeness (QED) is 0.796. The van der Waals surface area contributed by atoms with Crippen LogP contribution in [0.4, 0.5) is 13.2 Å². The second kappa shape index (κ2) is 4.73. The molecule has 0 radical (unpaired) electrons. The van der Waals surface area contributed by atoms with E-state index < -0.39 is 11.7 Å². The molecular formula is C13H12F3N3O. The highest BCUT2D eigenvalue weighted by atomic mass is 19.4. The van der Waals surface area contributed by atoms with E-state index in [1.165, 1.54) is 30.7 Å². The Morgan fingerprint density at radius 2 is 1.90 bits per heavy atom. The molecule has 20 heavy (non-hydrogen) atoms. The molecule has 1 aromatic carbocycles. The van der Waals surface area contributed by atoms with Gasteiger partial charge in [0, 0.05) is 6.92 Å². The van der Waals surface area contributed by atoms with Crippen molar-refractivity contribution in [1.29, 1.82) is 0 Å². The molecule has 0 aliphatic rings. The summed E-state index contributed by atoms with van der Waals surface area (Å²) in [6, 6.07) is 3.88. The number of hydrogen-bond acceptors (Lipinski definition) is 3. The predicted octanol–water partition coefficient (Wildman–Crippen LogP) is 3.11. The molecule has 7 heteroatoms. The van der Waals surface area contributed by atoms with E-state index in [4.69, 9.17) is 0 Å². The third kappa shape index (κ3) is 2.43. The summed E-state index contributed by atoms with van der Waals surface area (Å²) in [5.41, 5.74) is 0.189. The van der Waals surface area contributed by atoms with E-state index in [1.54, 1.807) is 6.92 Å². The van der Waals surface area contributed by atoms with Gasteiger partial charge in [0.1, 0.15) is 0 Å². The van der Waals surface area contributed by atoms with Gasteiger partial charge in [0.05, 0.1) is 16.9 Å². The Hall–Kier alpha value is -2.18. The normalized spacial score (nSPS) is 11.7. The van der Waals surface area contributed by atoms with Crippen molar-refractivity contribution in [3.05, 3.63) is 40.7 Å². The Morgan fingerprint density at radius 3 is 2.40 bits per heavy atom. The molecule has 0 atom stereocenters. The number of alkyl halides is 3. The average molecular weight is 283 g/mol. The largest absolute Gasteiger partial charge is 0.416 e. The predicted molar refractivity (Wildman–Crippen MR) is 65.8 cm³/mol. The Bertz CT molecular complexity index is 674. The van der Waals surface area contributed by atoms with Gasteiger partial charge >= 0.3 is 6.18 Å². The fourth-order valence-electron chi connectivity index (χ4n) is 1.95. The van der Waals surface area contributed by atoms with Crippen molar-refractivity contribution >= 4 is 5.78 Å². The number of ketones is 1. The summed E-state index contributed by atoms with van der Waals surface area (Å²) < 4.78 is 39.9. The van der Waals surface area contributed by atoms with Gasteiger partial charge in [0.15, 0.2) is 11.5 Å². The van der Waals surface area contributed by atoms with Gasteiger partial charge in [-0.25, -0.2) is 4.68 Å². The monoisotopic (exact) mass is 283 g/mol. The Labute approximate surface area is 113 Å². The number of halogens is 3. The minimum atomic E-state index is -4.43. The molecule has 0 saturated carbocycles. The van der Waals surface area contributed by atoms with Crippen LogP contribution in [-0.2, 0) is 6.18 Å². The van der Waals surface area contributed by atoms with Crippen LogP contribution in [0.3, 0.4) is 0 Å². The van der Waals surface area contributed by atoms with Crippen LogP contribution in [0.2, 0.25) is 0 Å². The van der Waals surface area contributed by atoms with Gasteiger partial charge in [-0.3, -0.25) is 4.79 Å². The molecule has 0 amide bonds. The third-order valence-corrected chi connectivity index (χ3v) is 3.00. The summed E-state index contributed by atoms with van der Waals surface area (Å²) in [7, 11) is 0. The molecule has 0 aliphatic heterocycles. The van der Waals surface area contributed by atoms with Crippen molar-refractivity contribution in [3.63, 3.8) is 0 Å². The van der Waals surface area contributed by atoms with Gasteiger partial charge in [-0.1, -0.05) is 11.3 Å². The van der Waals surface area contributed by atoms with Gasteiger partial charge in [-0.2, -0.15) is 13.2 Å². The van der Waals surface area contributed by atoms with Crippen LogP contribution < -0.4 is 0 Å². The first-order valence-corrected chi connectivity index (χ1v) is 5.83. The molecule has 0 bridgehead atoms. The summed E-state index contributed by atoms with van der Waals surface area (Å²) in [6.45, 7) is 4.31. The van der Waals surface area contributed by atoms with Crippen LogP contribution in [0.25, 0.3) is 5.69 Å². The van der Waals surface area contributed by atoms with Crippen LogP contribution in [0, 0.1) is 13.8 Å². The van der Waals surface area contributed by atoms with Gasteiger partial charge < -0.3 is 0 Å². The average Bonchev–Trinajstić information content (AvgIpc) is 2.70.